The van der Waals surface area contributed by atoms with Crippen molar-refractivity contribution in [3.05, 3.63) is 37.9 Å². The van der Waals surface area contributed by atoms with Crippen LogP contribution in [0.15, 0.2) is 0 Å². The molecule has 4 heteroatoms. The zero-order chi connectivity index (χ0) is 14.0. The highest BCUT2D eigenvalue weighted by Gasteiger charge is 2.27. The lowest BCUT2D eigenvalue weighted by molar-refractivity contribution is -0.386. The maximum atomic E-state index is 11.2. The van der Waals surface area contributed by atoms with Gasteiger partial charge in [0.05, 0.1) is 10.5 Å². The summed E-state index contributed by atoms with van der Waals surface area (Å²) >= 11 is 0. The molecule has 1 N–H and O–H groups in total. The summed E-state index contributed by atoms with van der Waals surface area (Å²) in [6, 6.07) is 0. The molecule has 0 spiro atoms. The van der Waals surface area contributed by atoms with E-state index in [1.54, 1.807) is 20.8 Å². The summed E-state index contributed by atoms with van der Waals surface area (Å²) in [5.74, 6) is 5.16. The van der Waals surface area contributed by atoms with Crippen LogP contribution in [0.4, 0.5) is 5.69 Å². The van der Waals surface area contributed by atoms with E-state index in [-0.39, 0.29) is 5.69 Å². The van der Waals surface area contributed by atoms with Crippen molar-refractivity contribution < 1.29 is 10.0 Å². The van der Waals surface area contributed by atoms with Crippen molar-refractivity contribution in [3.63, 3.8) is 0 Å². The number of nitro groups is 1. The fourth-order valence-corrected chi connectivity index (χ4v) is 2.10. The summed E-state index contributed by atoms with van der Waals surface area (Å²) in [5, 5.41) is 21.2. The second-order valence-corrected chi connectivity index (χ2v) is 4.32. The lowest BCUT2D eigenvalue weighted by Crippen LogP contribution is -2.08. The average Bonchev–Trinajstić information content (AvgIpc) is 2.30. The van der Waals surface area contributed by atoms with Gasteiger partial charge < -0.3 is 5.11 Å². The number of benzene rings is 1. The topological polar surface area (TPSA) is 63.4 Å². The second kappa shape index (κ2) is 5.19. The maximum Gasteiger partial charge on any atom is 0.279 e. The predicted octanol–water partition coefficient (Wildman–Crippen LogP) is 2.89. The van der Waals surface area contributed by atoms with Gasteiger partial charge in [-0.2, -0.15) is 0 Å². The summed E-state index contributed by atoms with van der Waals surface area (Å²) < 4.78 is 0. The van der Waals surface area contributed by atoms with E-state index in [4.69, 9.17) is 0 Å². The molecule has 1 rings (SSSR count). The van der Waals surface area contributed by atoms with Crippen LogP contribution in [0, 0.1) is 49.7 Å². The minimum absolute atomic E-state index is 0.0224. The third-order valence-electron chi connectivity index (χ3n) is 3.44. The maximum absolute atomic E-state index is 11.2. The van der Waals surface area contributed by atoms with Crippen molar-refractivity contribution in [1.82, 2.24) is 0 Å². The monoisotopic (exact) mass is 247 g/mol. The van der Waals surface area contributed by atoms with Gasteiger partial charge in [0, 0.05) is 5.56 Å². The molecule has 1 aromatic rings. The lowest BCUT2D eigenvalue weighted by atomic mass is 9.90. The van der Waals surface area contributed by atoms with Crippen LogP contribution in [0.25, 0.3) is 0 Å². The highest BCUT2D eigenvalue weighted by Crippen LogP contribution is 2.36. The largest absolute Gasteiger partial charge is 0.376 e. The van der Waals surface area contributed by atoms with Gasteiger partial charge >= 0.3 is 0 Å². The molecule has 0 aliphatic carbocycles. The average molecular weight is 247 g/mol. The van der Waals surface area contributed by atoms with Crippen LogP contribution >= 0.6 is 0 Å². The van der Waals surface area contributed by atoms with Crippen molar-refractivity contribution in [2.24, 2.45) is 0 Å². The number of aliphatic hydroxyl groups excluding tert-OH is 1. The zero-order valence-corrected chi connectivity index (χ0v) is 11.3. The van der Waals surface area contributed by atoms with Gasteiger partial charge in [0.25, 0.3) is 5.69 Å². The quantitative estimate of drug-likeness (QED) is 0.496. The van der Waals surface area contributed by atoms with E-state index in [1.807, 2.05) is 13.8 Å². The smallest absolute Gasteiger partial charge is 0.279 e. The Hall–Kier alpha value is -1.86. The Kier molecular flexibility index (Phi) is 4.10. The Morgan fingerprint density at radius 2 is 1.61 bits per heavy atom. The number of rotatable bonds is 2. The first-order valence-electron chi connectivity index (χ1n) is 5.67. The summed E-state index contributed by atoms with van der Waals surface area (Å²) in [6.45, 7) is 8.84. The van der Waals surface area contributed by atoms with Crippen LogP contribution in [0.1, 0.15) is 40.8 Å². The SMILES string of the molecule is CC#CC(O)c1c(C)c(C)c(C)c(C)c1[N+](=O)[O-]. The van der Waals surface area contributed by atoms with Gasteiger partial charge in [-0.25, -0.2) is 0 Å². The first kappa shape index (κ1) is 14.2. The van der Waals surface area contributed by atoms with Gasteiger partial charge in [0.1, 0.15) is 6.10 Å². The van der Waals surface area contributed by atoms with Gasteiger partial charge in [0.2, 0.25) is 0 Å². The third kappa shape index (κ3) is 2.22. The van der Waals surface area contributed by atoms with Crippen molar-refractivity contribution >= 4 is 5.69 Å². The highest BCUT2D eigenvalue weighted by atomic mass is 16.6. The van der Waals surface area contributed by atoms with Crippen molar-refractivity contribution in [2.45, 2.75) is 40.7 Å². The molecule has 0 heterocycles. The summed E-state index contributed by atoms with van der Waals surface area (Å²) in [6.07, 6.45) is -1.12. The molecule has 0 amide bonds. The Morgan fingerprint density at radius 1 is 1.11 bits per heavy atom. The minimum atomic E-state index is -1.12. The van der Waals surface area contributed by atoms with Gasteiger partial charge in [0.15, 0.2) is 0 Å². The molecule has 0 saturated carbocycles. The van der Waals surface area contributed by atoms with Crippen LogP contribution in [-0.2, 0) is 0 Å². The van der Waals surface area contributed by atoms with Crippen molar-refractivity contribution in [1.29, 1.82) is 0 Å². The molecule has 0 bridgehead atoms. The predicted molar refractivity (Wildman–Crippen MR) is 70.5 cm³/mol. The highest BCUT2D eigenvalue weighted by molar-refractivity contribution is 5.60. The Bertz CT molecular complexity index is 565. The molecule has 0 aliphatic heterocycles. The van der Waals surface area contributed by atoms with Crippen LogP contribution in [0.3, 0.4) is 0 Å². The van der Waals surface area contributed by atoms with Gasteiger partial charge in [-0.1, -0.05) is 5.92 Å². The minimum Gasteiger partial charge on any atom is -0.376 e. The molecular weight excluding hydrogens is 230 g/mol. The zero-order valence-electron chi connectivity index (χ0n) is 11.3. The van der Waals surface area contributed by atoms with E-state index < -0.39 is 11.0 Å². The number of nitro benzene ring substituents is 1. The molecule has 0 saturated heterocycles. The van der Waals surface area contributed by atoms with Gasteiger partial charge in [-0.15, -0.1) is 5.92 Å². The number of nitrogens with zero attached hydrogens (tertiary/aromatic N) is 1. The number of hydrogen-bond donors (Lipinski definition) is 1. The van der Waals surface area contributed by atoms with E-state index in [0.717, 1.165) is 16.7 Å². The molecule has 0 radical (unpaired) electrons. The molecule has 1 aromatic carbocycles. The normalized spacial score (nSPS) is 11.7. The van der Waals surface area contributed by atoms with Crippen LogP contribution in [-0.4, -0.2) is 10.0 Å². The van der Waals surface area contributed by atoms with E-state index in [9.17, 15) is 15.2 Å². The molecule has 0 fully saturated rings. The second-order valence-electron chi connectivity index (χ2n) is 4.32. The standard InChI is InChI=1S/C14H17NO3/c1-6-7-12(16)13-10(4)8(2)9(3)11(5)14(13)15(17)18/h12,16H,1-5H3. The summed E-state index contributed by atoms with van der Waals surface area (Å²) in [7, 11) is 0. The van der Waals surface area contributed by atoms with E-state index in [1.165, 1.54) is 0 Å². The van der Waals surface area contributed by atoms with Crippen molar-refractivity contribution in [2.75, 3.05) is 0 Å². The molecule has 4 nitrogen and oxygen atoms in total. The molecule has 0 aliphatic rings. The Balaban J connectivity index is 3.75. The van der Waals surface area contributed by atoms with Gasteiger partial charge in [-0.3, -0.25) is 10.1 Å². The fraction of sp³-hybridized carbons (Fsp3) is 0.429. The van der Waals surface area contributed by atoms with E-state index in [2.05, 4.69) is 11.8 Å². The summed E-state index contributed by atoms with van der Waals surface area (Å²) in [5.41, 5.74) is 3.47. The van der Waals surface area contributed by atoms with Crippen LogP contribution in [0.5, 0.6) is 0 Å². The first-order chi connectivity index (χ1) is 8.32. The van der Waals surface area contributed by atoms with Crippen molar-refractivity contribution in [3.8, 4) is 11.8 Å². The Labute approximate surface area is 107 Å². The molecule has 1 atom stereocenters. The first-order valence-corrected chi connectivity index (χ1v) is 5.67. The van der Waals surface area contributed by atoms with Gasteiger partial charge in [-0.05, 0) is 51.3 Å². The molecule has 18 heavy (non-hydrogen) atoms. The Morgan fingerprint density at radius 3 is 2.06 bits per heavy atom. The number of hydrogen-bond acceptors (Lipinski definition) is 3. The number of aliphatic hydroxyl groups is 1. The molecule has 1 unspecified atom stereocenters. The van der Waals surface area contributed by atoms with Crippen LogP contribution in [0.2, 0.25) is 0 Å². The third-order valence-corrected chi connectivity index (χ3v) is 3.44. The summed E-state index contributed by atoms with van der Waals surface area (Å²) in [4.78, 5) is 10.8. The lowest BCUT2D eigenvalue weighted by Gasteiger charge is -2.16. The molecular formula is C14H17NO3. The molecule has 0 aromatic heterocycles. The van der Waals surface area contributed by atoms with E-state index >= 15 is 0 Å². The fourth-order valence-electron chi connectivity index (χ4n) is 2.10. The molecule has 96 valence electrons. The van der Waals surface area contributed by atoms with Crippen LogP contribution < -0.4 is 0 Å². The van der Waals surface area contributed by atoms with E-state index in [0.29, 0.717) is 11.1 Å².